The molecule has 0 bridgehead atoms. The molecule has 0 fully saturated rings. The van der Waals surface area contributed by atoms with E-state index in [1.54, 1.807) is 12.1 Å². The molecule has 3 aromatic rings. The summed E-state index contributed by atoms with van der Waals surface area (Å²) in [5.41, 5.74) is 0.500. The van der Waals surface area contributed by atoms with E-state index in [2.05, 4.69) is 10.3 Å². The highest BCUT2D eigenvalue weighted by Gasteiger charge is 2.30. The number of anilines is 2. The molecule has 0 spiro atoms. The summed E-state index contributed by atoms with van der Waals surface area (Å²) in [4.78, 5) is 32.0. The van der Waals surface area contributed by atoms with Gasteiger partial charge in [0.1, 0.15) is 6.54 Å². The zero-order chi connectivity index (χ0) is 22.0. The van der Waals surface area contributed by atoms with Crippen molar-refractivity contribution >= 4 is 45.7 Å². The minimum absolute atomic E-state index is 0.140. The van der Waals surface area contributed by atoms with Gasteiger partial charge in [-0.3, -0.25) is 9.59 Å². The molecule has 0 atom stereocenters. The lowest BCUT2D eigenvalue weighted by Gasteiger charge is -2.28. The van der Waals surface area contributed by atoms with E-state index in [1.165, 1.54) is 40.3 Å². The molecule has 2 amide bonds. The second-order valence-corrected chi connectivity index (χ2v) is 8.92. The number of benzene rings is 2. The molecule has 2 heterocycles. The summed E-state index contributed by atoms with van der Waals surface area (Å²) in [6, 6.07) is 12.5. The van der Waals surface area contributed by atoms with Crippen molar-refractivity contribution < 1.29 is 22.8 Å². The van der Waals surface area contributed by atoms with Crippen LogP contribution in [-0.4, -0.2) is 29.1 Å². The van der Waals surface area contributed by atoms with Gasteiger partial charge in [0.05, 0.1) is 17.0 Å². The quantitative estimate of drug-likeness (QED) is 0.589. The zero-order valence-corrected chi connectivity index (χ0v) is 17.6. The van der Waals surface area contributed by atoms with Crippen molar-refractivity contribution in [2.24, 2.45) is 0 Å². The number of carbonyl (C=O) groups is 2. The Morgan fingerprint density at radius 3 is 2.77 bits per heavy atom. The summed E-state index contributed by atoms with van der Waals surface area (Å²) in [5, 5.41) is 3.00. The first-order valence-corrected chi connectivity index (χ1v) is 11.0. The van der Waals surface area contributed by atoms with Gasteiger partial charge in [-0.25, -0.2) is 4.98 Å². The number of nitrogens with zero attached hydrogens (tertiary/aromatic N) is 2. The number of rotatable bonds is 5. The zero-order valence-electron chi connectivity index (χ0n) is 16.0. The van der Waals surface area contributed by atoms with Gasteiger partial charge in [-0.15, -0.1) is 23.1 Å². The Balaban J connectivity index is 1.40. The standard InChI is InChI=1S/C21H16F3N3O2S2/c22-21(23,24)14-5-3-4-13(8-14)9-15-10-25-20(31-15)26-18(28)11-27-16-6-1-2-7-17(16)30-12-19(27)29/h1-8,10H,9,11-12H2,(H,25,26,28). The molecule has 2 aromatic carbocycles. The number of fused-ring (bicyclic) bond motifs is 1. The molecule has 0 aliphatic carbocycles. The number of aromatic nitrogens is 1. The van der Waals surface area contributed by atoms with Crippen LogP contribution in [0.1, 0.15) is 16.0 Å². The molecule has 160 valence electrons. The first-order chi connectivity index (χ1) is 14.8. The van der Waals surface area contributed by atoms with Gasteiger partial charge < -0.3 is 10.2 Å². The number of nitrogens with one attached hydrogen (secondary N) is 1. The SMILES string of the molecule is O=C(CN1C(=O)CSc2ccccc21)Nc1ncc(Cc2cccc(C(F)(F)F)c2)s1. The number of carbonyl (C=O) groups excluding carboxylic acids is 2. The molecule has 1 aromatic heterocycles. The number of hydrogen-bond acceptors (Lipinski definition) is 5. The molecule has 0 saturated carbocycles. The number of thioether (sulfide) groups is 1. The van der Waals surface area contributed by atoms with E-state index in [-0.39, 0.29) is 24.6 Å². The van der Waals surface area contributed by atoms with Crippen LogP contribution in [-0.2, 0) is 22.2 Å². The van der Waals surface area contributed by atoms with Gasteiger partial charge in [-0.1, -0.05) is 30.3 Å². The molecular weight excluding hydrogens is 447 g/mol. The van der Waals surface area contributed by atoms with Crippen LogP contribution in [0.2, 0.25) is 0 Å². The van der Waals surface area contributed by atoms with E-state index in [1.807, 2.05) is 18.2 Å². The lowest BCUT2D eigenvalue weighted by atomic mass is 10.1. The maximum absolute atomic E-state index is 12.9. The number of alkyl halides is 3. The number of amides is 2. The molecule has 31 heavy (non-hydrogen) atoms. The first kappa shape index (κ1) is 21.4. The fourth-order valence-electron chi connectivity index (χ4n) is 3.14. The highest BCUT2D eigenvalue weighted by Crippen LogP contribution is 2.35. The second-order valence-electron chi connectivity index (χ2n) is 6.79. The molecule has 1 aliphatic heterocycles. The fraction of sp³-hybridized carbons (Fsp3) is 0.190. The number of para-hydroxylation sites is 1. The van der Waals surface area contributed by atoms with Gasteiger partial charge in [0, 0.05) is 22.4 Å². The van der Waals surface area contributed by atoms with E-state index >= 15 is 0 Å². The van der Waals surface area contributed by atoms with Crippen molar-refractivity contribution in [3.63, 3.8) is 0 Å². The Morgan fingerprint density at radius 1 is 1.16 bits per heavy atom. The van der Waals surface area contributed by atoms with Gasteiger partial charge in [0.25, 0.3) is 0 Å². The second kappa shape index (κ2) is 8.72. The van der Waals surface area contributed by atoms with Crippen LogP contribution in [0.5, 0.6) is 0 Å². The van der Waals surface area contributed by atoms with E-state index in [0.29, 0.717) is 21.3 Å². The predicted molar refractivity (Wildman–Crippen MR) is 115 cm³/mol. The Hall–Kier alpha value is -2.85. The third-order valence-electron chi connectivity index (χ3n) is 4.54. The van der Waals surface area contributed by atoms with E-state index in [9.17, 15) is 22.8 Å². The molecular formula is C21H16F3N3O2S2. The number of halogens is 3. The number of thiazole rings is 1. The summed E-state index contributed by atoms with van der Waals surface area (Å²) in [5.74, 6) is -0.277. The minimum atomic E-state index is -4.40. The third kappa shape index (κ3) is 5.08. The van der Waals surface area contributed by atoms with Crippen LogP contribution in [0, 0.1) is 0 Å². The molecule has 0 saturated heterocycles. The molecule has 4 rings (SSSR count). The molecule has 10 heteroatoms. The summed E-state index contributed by atoms with van der Waals surface area (Å²) in [6.45, 7) is -0.140. The largest absolute Gasteiger partial charge is 0.416 e. The van der Waals surface area contributed by atoms with Crippen LogP contribution < -0.4 is 10.2 Å². The summed E-state index contributed by atoms with van der Waals surface area (Å²) >= 11 is 2.62. The summed E-state index contributed by atoms with van der Waals surface area (Å²) < 4.78 is 38.6. The van der Waals surface area contributed by atoms with Crippen LogP contribution in [0.3, 0.4) is 0 Å². The van der Waals surface area contributed by atoms with Crippen molar-refractivity contribution in [1.29, 1.82) is 0 Å². The Labute approximate surface area is 184 Å². The van der Waals surface area contributed by atoms with Crippen LogP contribution in [0.25, 0.3) is 0 Å². The van der Waals surface area contributed by atoms with Crippen LogP contribution >= 0.6 is 23.1 Å². The summed E-state index contributed by atoms with van der Waals surface area (Å²) in [7, 11) is 0. The maximum Gasteiger partial charge on any atom is 0.416 e. The normalized spacial score (nSPS) is 13.8. The average molecular weight is 464 g/mol. The van der Waals surface area contributed by atoms with Gasteiger partial charge in [-0.2, -0.15) is 13.2 Å². The topological polar surface area (TPSA) is 62.3 Å². The van der Waals surface area contributed by atoms with Crippen molar-refractivity contribution in [3.8, 4) is 0 Å². The van der Waals surface area contributed by atoms with Crippen molar-refractivity contribution in [3.05, 3.63) is 70.7 Å². The van der Waals surface area contributed by atoms with Crippen LogP contribution in [0.4, 0.5) is 24.0 Å². The predicted octanol–water partition coefficient (Wildman–Crippen LogP) is 4.83. The lowest BCUT2D eigenvalue weighted by molar-refractivity contribution is -0.137. The van der Waals surface area contributed by atoms with E-state index in [0.717, 1.165) is 17.0 Å². The van der Waals surface area contributed by atoms with Gasteiger partial charge in [0.2, 0.25) is 11.8 Å². The monoisotopic (exact) mass is 463 g/mol. The minimum Gasteiger partial charge on any atom is -0.301 e. The lowest BCUT2D eigenvalue weighted by Crippen LogP contribution is -2.41. The third-order valence-corrected chi connectivity index (χ3v) is 6.50. The van der Waals surface area contributed by atoms with Crippen molar-refractivity contribution in [1.82, 2.24) is 4.98 Å². The van der Waals surface area contributed by atoms with Crippen molar-refractivity contribution in [2.75, 3.05) is 22.5 Å². The fourth-order valence-corrected chi connectivity index (χ4v) is 4.93. The number of hydrogen-bond donors (Lipinski definition) is 1. The Kier molecular flexibility index (Phi) is 6.01. The first-order valence-electron chi connectivity index (χ1n) is 9.22. The van der Waals surface area contributed by atoms with Crippen LogP contribution in [0.15, 0.2) is 59.6 Å². The highest BCUT2D eigenvalue weighted by atomic mass is 32.2. The summed E-state index contributed by atoms with van der Waals surface area (Å²) in [6.07, 6.45) is -2.60. The molecule has 5 nitrogen and oxygen atoms in total. The molecule has 1 N–H and O–H groups in total. The molecule has 0 radical (unpaired) electrons. The Morgan fingerprint density at radius 2 is 1.97 bits per heavy atom. The van der Waals surface area contributed by atoms with Gasteiger partial charge in [-0.05, 0) is 23.8 Å². The van der Waals surface area contributed by atoms with Crippen molar-refractivity contribution in [2.45, 2.75) is 17.5 Å². The van der Waals surface area contributed by atoms with Gasteiger partial charge in [0.15, 0.2) is 5.13 Å². The van der Waals surface area contributed by atoms with E-state index < -0.39 is 17.6 Å². The Bertz CT molecular complexity index is 1130. The average Bonchev–Trinajstić information content (AvgIpc) is 3.16. The highest BCUT2D eigenvalue weighted by molar-refractivity contribution is 8.00. The smallest absolute Gasteiger partial charge is 0.301 e. The van der Waals surface area contributed by atoms with E-state index in [4.69, 9.17) is 0 Å². The van der Waals surface area contributed by atoms with Gasteiger partial charge >= 0.3 is 6.18 Å². The molecule has 1 aliphatic rings. The maximum atomic E-state index is 12.9. The molecule has 0 unspecified atom stereocenters.